The minimum absolute atomic E-state index is 0.0444. The van der Waals surface area contributed by atoms with Gasteiger partial charge in [0.2, 0.25) is 5.91 Å². The molecular formula is C26H27FN2O4S. The van der Waals surface area contributed by atoms with E-state index in [0.29, 0.717) is 16.9 Å². The third-order valence-corrected chi connectivity index (χ3v) is 7.49. The topological polar surface area (TPSA) is 75.7 Å². The lowest BCUT2D eigenvalue weighted by atomic mass is 9.87. The highest BCUT2D eigenvalue weighted by Gasteiger charge is 2.36. The number of halogens is 1. The Labute approximate surface area is 199 Å². The largest absolute Gasteiger partial charge is 0.492 e. The first-order valence-electron chi connectivity index (χ1n) is 11.0. The summed E-state index contributed by atoms with van der Waals surface area (Å²) >= 11 is 0. The number of fused-ring (bicyclic) bond motifs is 3. The fourth-order valence-corrected chi connectivity index (χ4v) is 5.52. The number of ether oxygens (including phenoxy) is 1. The molecule has 0 radical (unpaired) electrons. The zero-order chi connectivity index (χ0) is 24.5. The van der Waals surface area contributed by atoms with Gasteiger partial charge in [-0.3, -0.25) is 9.10 Å². The number of carbonyl (C=O) groups excluding carboxylic acids is 1. The van der Waals surface area contributed by atoms with Gasteiger partial charge in [-0.2, -0.15) is 0 Å². The van der Waals surface area contributed by atoms with Gasteiger partial charge in [0.25, 0.3) is 10.0 Å². The molecule has 1 N–H and O–H groups in total. The first-order valence-corrected chi connectivity index (χ1v) is 12.4. The van der Waals surface area contributed by atoms with Crippen LogP contribution in [0.3, 0.4) is 0 Å². The second kappa shape index (κ2) is 9.10. The molecule has 0 bridgehead atoms. The summed E-state index contributed by atoms with van der Waals surface area (Å²) in [6.07, 6.45) is 0. The molecule has 0 saturated carbocycles. The van der Waals surface area contributed by atoms with Crippen molar-refractivity contribution in [3.8, 4) is 16.9 Å². The zero-order valence-electron chi connectivity index (χ0n) is 19.3. The minimum atomic E-state index is -3.98. The van der Waals surface area contributed by atoms with Crippen molar-refractivity contribution in [2.45, 2.75) is 31.1 Å². The van der Waals surface area contributed by atoms with E-state index in [1.165, 1.54) is 29.8 Å². The highest BCUT2D eigenvalue weighted by Crippen LogP contribution is 2.42. The van der Waals surface area contributed by atoms with Crippen LogP contribution in [0.4, 0.5) is 10.1 Å². The lowest BCUT2D eigenvalue weighted by molar-refractivity contribution is -0.119. The molecule has 0 aliphatic carbocycles. The van der Waals surface area contributed by atoms with Gasteiger partial charge in [-0.15, -0.1) is 0 Å². The number of anilines is 1. The summed E-state index contributed by atoms with van der Waals surface area (Å²) in [5.41, 5.74) is 2.36. The number of hydrogen-bond acceptors (Lipinski definition) is 4. The van der Waals surface area contributed by atoms with E-state index in [4.69, 9.17) is 4.74 Å². The van der Waals surface area contributed by atoms with Crippen LogP contribution in [0.5, 0.6) is 5.75 Å². The summed E-state index contributed by atoms with van der Waals surface area (Å²) in [4.78, 5) is 12.7. The van der Waals surface area contributed by atoms with Crippen LogP contribution >= 0.6 is 0 Å². The summed E-state index contributed by atoms with van der Waals surface area (Å²) in [6, 6.07) is 18.0. The van der Waals surface area contributed by atoms with Crippen LogP contribution in [0.2, 0.25) is 0 Å². The zero-order valence-corrected chi connectivity index (χ0v) is 20.2. The van der Waals surface area contributed by atoms with E-state index in [2.05, 4.69) is 26.1 Å². The first-order chi connectivity index (χ1) is 16.1. The monoisotopic (exact) mass is 482 g/mol. The van der Waals surface area contributed by atoms with E-state index in [-0.39, 0.29) is 29.1 Å². The Kier molecular flexibility index (Phi) is 6.36. The number of nitrogens with zero attached hydrogens (tertiary/aromatic N) is 1. The van der Waals surface area contributed by atoms with Crippen LogP contribution < -0.4 is 14.4 Å². The van der Waals surface area contributed by atoms with Crippen molar-refractivity contribution in [1.82, 2.24) is 5.32 Å². The summed E-state index contributed by atoms with van der Waals surface area (Å²) < 4.78 is 47.1. The van der Waals surface area contributed by atoms with Gasteiger partial charge >= 0.3 is 0 Å². The van der Waals surface area contributed by atoms with Gasteiger partial charge in [-0.1, -0.05) is 51.1 Å². The molecule has 3 aromatic rings. The number of benzene rings is 3. The Balaban J connectivity index is 1.41. The first kappa shape index (κ1) is 23.8. The molecular weight excluding hydrogens is 455 g/mol. The maximum Gasteiger partial charge on any atom is 0.265 e. The summed E-state index contributed by atoms with van der Waals surface area (Å²) in [6.45, 7) is 6.42. The number of sulfonamides is 1. The third kappa shape index (κ3) is 4.77. The van der Waals surface area contributed by atoms with Crippen molar-refractivity contribution in [2.75, 3.05) is 24.0 Å². The Morgan fingerprint density at radius 2 is 1.71 bits per heavy atom. The third-order valence-electron chi connectivity index (χ3n) is 5.67. The van der Waals surface area contributed by atoms with E-state index < -0.39 is 28.3 Å². The van der Waals surface area contributed by atoms with Gasteiger partial charge in [0.1, 0.15) is 24.7 Å². The molecule has 0 unspecified atom stereocenters. The fourth-order valence-electron chi connectivity index (χ4n) is 3.87. The summed E-state index contributed by atoms with van der Waals surface area (Å²) in [5.74, 6) is -0.275. The second-order valence-electron chi connectivity index (χ2n) is 9.14. The van der Waals surface area contributed by atoms with Gasteiger partial charge in [0, 0.05) is 11.1 Å². The Hall–Kier alpha value is -3.39. The lowest BCUT2D eigenvalue weighted by Gasteiger charge is -2.31. The lowest BCUT2D eigenvalue weighted by Crippen LogP contribution is -2.43. The Morgan fingerprint density at radius 3 is 2.41 bits per heavy atom. The smallest absolute Gasteiger partial charge is 0.265 e. The Bertz CT molecular complexity index is 1320. The number of carbonyl (C=O) groups is 1. The molecule has 1 amide bonds. The normalized spacial score (nSPS) is 14.2. The predicted octanol–water partition coefficient (Wildman–Crippen LogP) is 4.49. The van der Waals surface area contributed by atoms with Gasteiger partial charge in [0.15, 0.2) is 0 Å². The number of rotatable bonds is 6. The SMILES string of the molecule is CC(C)(C)c1ccc(OCCNC(=O)CN2c3ccc(F)cc3-c3ccccc3S2(=O)=O)cc1. The predicted molar refractivity (Wildman–Crippen MR) is 130 cm³/mol. The maximum absolute atomic E-state index is 13.9. The van der Waals surface area contributed by atoms with Crippen molar-refractivity contribution in [1.29, 1.82) is 0 Å². The van der Waals surface area contributed by atoms with E-state index in [0.717, 1.165) is 4.31 Å². The average molecular weight is 483 g/mol. The molecule has 3 aromatic carbocycles. The number of hydrogen-bond donors (Lipinski definition) is 1. The molecule has 4 rings (SSSR count). The molecule has 1 aliphatic heterocycles. The average Bonchev–Trinajstić information content (AvgIpc) is 2.79. The van der Waals surface area contributed by atoms with Crippen LogP contribution in [0, 0.1) is 5.82 Å². The van der Waals surface area contributed by atoms with Crippen molar-refractivity contribution in [3.63, 3.8) is 0 Å². The number of amides is 1. The second-order valence-corrected chi connectivity index (χ2v) is 11.0. The van der Waals surface area contributed by atoms with Crippen molar-refractivity contribution in [3.05, 3.63) is 78.1 Å². The molecule has 34 heavy (non-hydrogen) atoms. The molecule has 0 aromatic heterocycles. The molecule has 0 spiro atoms. The van der Waals surface area contributed by atoms with Crippen LogP contribution in [0.15, 0.2) is 71.6 Å². The minimum Gasteiger partial charge on any atom is -0.492 e. The molecule has 6 nitrogen and oxygen atoms in total. The molecule has 1 heterocycles. The van der Waals surface area contributed by atoms with Gasteiger partial charge < -0.3 is 10.1 Å². The molecule has 1 aliphatic rings. The van der Waals surface area contributed by atoms with E-state index in [9.17, 15) is 17.6 Å². The van der Waals surface area contributed by atoms with Crippen molar-refractivity contribution in [2.24, 2.45) is 0 Å². The van der Waals surface area contributed by atoms with Gasteiger partial charge in [0.05, 0.1) is 17.1 Å². The highest BCUT2D eigenvalue weighted by molar-refractivity contribution is 7.93. The summed E-state index contributed by atoms with van der Waals surface area (Å²) in [5, 5.41) is 2.70. The standard InChI is InChI=1S/C26H27FN2O4S/c1-26(2,3)18-8-11-20(12-9-18)33-15-14-28-25(30)17-29-23-13-10-19(27)16-22(23)21-6-4-5-7-24(21)34(29,31)32/h4-13,16H,14-15,17H2,1-3H3,(H,28,30). The van der Waals surface area contributed by atoms with E-state index >= 15 is 0 Å². The molecule has 178 valence electrons. The van der Waals surface area contributed by atoms with Crippen LogP contribution in [-0.4, -0.2) is 34.0 Å². The maximum atomic E-state index is 13.9. The van der Waals surface area contributed by atoms with Crippen LogP contribution in [0.1, 0.15) is 26.3 Å². The molecule has 8 heteroatoms. The van der Waals surface area contributed by atoms with Crippen molar-refractivity contribution >= 4 is 21.6 Å². The van der Waals surface area contributed by atoms with Crippen LogP contribution in [-0.2, 0) is 20.2 Å². The fraction of sp³-hybridized carbons (Fsp3) is 0.269. The molecule has 0 fully saturated rings. The van der Waals surface area contributed by atoms with Crippen LogP contribution in [0.25, 0.3) is 11.1 Å². The molecule has 0 atom stereocenters. The van der Waals surface area contributed by atoms with E-state index in [1.807, 2.05) is 24.3 Å². The highest BCUT2D eigenvalue weighted by atomic mass is 32.2. The quantitative estimate of drug-likeness (QED) is 0.525. The Morgan fingerprint density at radius 1 is 1.00 bits per heavy atom. The number of nitrogens with one attached hydrogen (secondary N) is 1. The molecule has 0 saturated heterocycles. The van der Waals surface area contributed by atoms with Gasteiger partial charge in [-0.25, -0.2) is 12.8 Å². The van der Waals surface area contributed by atoms with Crippen molar-refractivity contribution < 1.29 is 22.3 Å². The van der Waals surface area contributed by atoms with E-state index in [1.54, 1.807) is 18.2 Å². The summed E-state index contributed by atoms with van der Waals surface area (Å²) in [7, 11) is -3.98. The van der Waals surface area contributed by atoms with Gasteiger partial charge in [-0.05, 0) is 47.4 Å².